The number of thiazole rings is 1. The molecule has 1 aromatic carbocycles. The van der Waals surface area contributed by atoms with Crippen molar-refractivity contribution in [3.63, 3.8) is 0 Å². The highest BCUT2D eigenvalue weighted by Gasteiger charge is 2.36. The number of benzene rings is 1. The number of carbonyl (C=O) groups excluding carboxylic acids is 1. The van der Waals surface area contributed by atoms with Gasteiger partial charge in [-0.1, -0.05) is 32.9 Å². The van der Waals surface area contributed by atoms with Gasteiger partial charge in [-0.2, -0.15) is 0 Å². The first-order chi connectivity index (χ1) is 14.7. The topological polar surface area (TPSA) is 60.5 Å². The molecule has 0 aliphatic heterocycles. The van der Waals surface area contributed by atoms with Gasteiger partial charge in [-0.05, 0) is 81.4 Å². The van der Waals surface area contributed by atoms with E-state index in [-0.39, 0.29) is 5.04 Å². The maximum atomic E-state index is 12.2. The zero-order valence-electron chi connectivity index (χ0n) is 21.2. The van der Waals surface area contributed by atoms with Gasteiger partial charge in [-0.15, -0.1) is 11.3 Å². The standard InChI is InChI=1S/C25H40N2O3SSi/c1-18-22(31-17-27-18)20-12-13-21(16-26-23(28)30-24(2,3)4)19(15-20)11-10-14-29-32(8,9)25(5,6)7/h12-13,15,17H,10-11,14,16H2,1-9H3,(H,26,28). The zero-order valence-corrected chi connectivity index (χ0v) is 23.0. The van der Waals surface area contributed by atoms with E-state index in [2.05, 4.69) is 62.4 Å². The van der Waals surface area contributed by atoms with Gasteiger partial charge in [0.05, 0.1) is 16.1 Å². The first-order valence-electron chi connectivity index (χ1n) is 11.3. The Balaban J connectivity index is 2.13. The van der Waals surface area contributed by atoms with Gasteiger partial charge in [-0.3, -0.25) is 0 Å². The Bertz CT molecular complexity index is 911. The fraction of sp³-hybridized carbons (Fsp3) is 0.600. The van der Waals surface area contributed by atoms with E-state index in [9.17, 15) is 4.79 Å². The number of ether oxygens (including phenoxy) is 1. The summed E-state index contributed by atoms with van der Waals surface area (Å²) < 4.78 is 11.8. The van der Waals surface area contributed by atoms with Crippen molar-refractivity contribution in [3.05, 3.63) is 40.5 Å². The normalized spacial score (nSPS) is 12.7. The number of nitrogens with zero attached hydrogens (tertiary/aromatic N) is 1. The van der Waals surface area contributed by atoms with E-state index in [1.54, 1.807) is 11.3 Å². The second-order valence-corrected chi connectivity index (χ2v) is 16.5. The summed E-state index contributed by atoms with van der Waals surface area (Å²) in [5, 5.41) is 3.11. The van der Waals surface area contributed by atoms with Crippen LogP contribution >= 0.6 is 11.3 Å². The molecular weight excluding hydrogens is 436 g/mol. The lowest BCUT2D eigenvalue weighted by molar-refractivity contribution is 0.0523. The van der Waals surface area contributed by atoms with Crippen molar-refractivity contribution in [3.8, 4) is 10.4 Å². The van der Waals surface area contributed by atoms with Gasteiger partial charge < -0.3 is 14.5 Å². The molecule has 0 saturated heterocycles. The molecule has 0 aliphatic rings. The SMILES string of the molecule is Cc1ncsc1-c1ccc(CNC(=O)OC(C)(C)C)c(CCCO[Si](C)(C)C(C)(C)C)c1. The van der Waals surface area contributed by atoms with Gasteiger partial charge >= 0.3 is 6.09 Å². The van der Waals surface area contributed by atoms with Gasteiger partial charge in [0.15, 0.2) is 8.32 Å². The third-order valence-corrected chi connectivity index (χ3v) is 11.4. The summed E-state index contributed by atoms with van der Waals surface area (Å²) in [6, 6.07) is 6.46. The molecule has 0 bridgehead atoms. The van der Waals surface area contributed by atoms with Crippen molar-refractivity contribution < 1.29 is 14.0 Å². The molecule has 0 radical (unpaired) electrons. The monoisotopic (exact) mass is 476 g/mol. The minimum Gasteiger partial charge on any atom is -0.444 e. The number of alkyl carbamates (subject to hydrolysis) is 1. The molecule has 0 saturated carbocycles. The molecule has 7 heteroatoms. The van der Waals surface area contributed by atoms with Crippen LogP contribution in [0.15, 0.2) is 23.7 Å². The number of nitrogens with one attached hydrogen (secondary N) is 1. The van der Waals surface area contributed by atoms with Gasteiger partial charge in [0, 0.05) is 13.2 Å². The van der Waals surface area contributed by atoms with Crippen LogP contribution < -0.4 is 5.32 Å². The summed E-state index contributed by atoms with van der Waals surface area (Å²) in [6.07, 6.45) is 1.44. The highest BCUT2D eigenvalue weighted by molar-refractivity contribution is 7.13. The quantitative estimate of drug-likeness (QED) is 0.326. The first kappa shape index (κ1) is 26.5. The summed E-state index contributed by atoms with van der Waals surface area (Å²) in [7, 11) is -1.75. The molecule has 0 fully saturated rings. The Morgan fingerprint density at radius 2 is 1.81 bits per heavy atom. The van der Waals surface area contributed by atoms with E-state index in [0.717, 1.165) is 30.7 Å². The van der Waals surface area contributed by atoms with E-state index >= 15 is 0 Å². The van der Waals surface area contributed by atoms with Crippen LogP contribution in [0.25, 0.3) is 10.4 Å². The molecule has 0 spiro atoms. The summed E-state index contributed by atoms with van der Waals surface area (Å²) in [5.74, 6) is 0. The van der Waals surface area contributed by atoms with E-state index < -0.39 is 20.0 Å². The minimum atomic E-state index is -1.75. The van der Waals surface area contributed by atoms with Crippen LogP contribution in [0.2, 0.25) is 18.1 Å². The molecule has 1 N–H and O–H groups in total. The number of rotatable bonds is 8. The highest BCUT2D eigenvalue weighted by Crippen LogP contribution is 2.36. The minimum absolute atomic E-state index is 0.207. The van der Waals surface area contributed by atoms with Crippen molar-refractivity contribution in [2.75, 3.05) is 6.61 Å². The molecule has 2 rings (SSSR count). The molecular formula is C25H40N2O3SSi. The Morgan fingerprint density at radius 1 is 1.12 bits per heavy atom. The molecule has 2 aromatic rings. The number of carbonyl (C=O) groups is 1. The van der Waals surface area contributed by atoms with E-state index in [0.29, 0.717) is 6.54 Å². The number of aryl methyl sites for hydroxylation is 2. The fourth-order valence-electron chi connectivity index (χ4n) is 3.04. The van der Waals surface area contributed by atoms with E-state index in [4.69, 9.17) is 9.16 Å². The predicted molar refractivity (Wildman–Crippen MR) is 137 cm³/mol. The van der Waals surface area contributed by atoms with Crippen molar-refractivity contribution in [1.29, 1.82) is 0 Å². The maximum absolute atomic E-state index is 12.2. The fourth-order valence-corrected chi connectivity index (χ4v) is 4.93. The summed E-state index contributed by atoms with van der Waals surface area (Å²) >= 11 is 1.66. The third kappa shape index (κ3) is 7.71. The summed E-state index contributed by atoms with van der Waals surface area (Å²) in [6.45, 7) is 20.2. The Morgan fingerprint density at radius 3 is 2.38 bits per heavy atom. The average molecular weight is 477 g/mol. The van der Waals surface area contributed by atoms with Crippen molar-refractivity contribution in [1.82, 2.24) is 10.3 Å². The second kappa shape index (κ2) is 10.5. The largest absolute Gasteiger partial charge is 0.444 e. The van der Waals surface area contributed by atoms with E-state index in [1.807, 2.05) is 33.2 Å². The molecule has 1 aromatic heterocycles. The molecule has 32 heavy (non-hydrogen) atoms. The van der Waals surface area contributed by atoms with Gasteiger partial charge in [0.1, 0.15) is 5.60 Å². The lowest BCUT2D eigenvalue weighted by Gasteiger charge is -2.36. The first-order valence-corrected chi connectivity index (χ1v) is 15.1. The molecule has 178 valence electrons. The highest BCUT2D eigenvalue weighted by atomic mass is 32.1. The van der Waals surface area contributed by atoms with Crippen molar-refractivity contribution in [2.45, 2.75) is 91.6 Å². The average Bonchev–Trinajstić information content (AvgIpc) is 3.07. The second-order valence-electron chi connectivity index (χ2n) is 10.8. The van der Waals surface area contributed by atoms with E-state index in [1.165, 1.54) is 16.0 Å². The summed E-state index contributed by atoms with van der Waals surface area (Å²) in [5.41, 5.74) is 5.92. The Kier molecular flexibility index (Phi) is 8.70. The van der Waals surface area contributed by atoms with Crippen LogP contribution in [0.4, 0.5) is 4.79 Å². The molecule has 0 aliphatic carbocycles. The van der Waals surface area contributed by atoms with Crippen LogP contribution in [0.1, 0.15) is 64.8 Å². The van der Waals surface area contributed by atoms with Crippen molar-refractivity contribution in [2.24, 2.45) is 0 Å². The Labute approximate surface area is 199 Å². The third-order valence-electron chi connectivity index (χ3n) is 5.90. The number of hydrogen-bond donors (Lipinski definition) is 1. The molecule has 0 unspecified atom stereocenters. The van der Waals surface area contributed by atoms with Crippen LogP contribution in [0.5, 0.6) is 0 Å². The molecule has 5 nitrogen and oxygen atoms in total. The number of hydrogen-bond acceptors (Lipinski definition) is 5. The lowest BCUT2D eigenvalue weighted by atomic mass is 9.99. The van der Waals surface area contributed by atoms with Crippen LogP contribution in [-0.4, -0.2) is 31.6 Å². The smallest absolute Gasteiger partial charge is 0.407 e. The molecule has 1 heterocycles. The zero-order chi connectivity index (χ0) is 24.2. The number of amides is 1. The lowest BCUT2D eigenvalue weighted by Crippen LogP contribution is -2.41. The van der Waals surface area contributed by atoms with Crippen LogP contribution in [0.3, 0.4) is 0 Å². The summed E-state index contributed by atoms with van der Waals surface area (Å²) in [4.78, 5) is 17.7. The van der Waals surface area contributed by atoms with Crippen LogP contribution in [-0.2, 0) is 22.1 Å². The Hall–Kier alpha value is -1.70. The van der Waals surface area contributed by atoms with Crippen LogP contribution in [0, 0.1) is 6.92 Å². The number of aromatic nitrogens is 1. The predicted octanol–water partition coefficient (Wildman–Crippen LogP) is 7.10. The van der Waals surface area contributed by atoms with Crippen molar-refractivity contribution >= 4 is 25.7 Å². The molecule has 0 atom stereocenters. The molecule has 1 amide bonds. The van der Waals surface area contributed by atoms with Gasteiger partial charge in [0.25, 0.3) is 0 Å². The maximum Gasteiger partial charge on any atom is 0.407 e. The van der Waals surface area contributed by atoms with Gasteiger partial charge in [-0.25, -0.2) is 9.78 Å². The van der Waals surface area contributed by atoms with Gasteiger partial charge in [0.2, 0.25) is 0 Å².